The third kappa shape index (κ3) is 2.33. The minimum atomic E-state index is -0.147. The average Bonchev–Trinajstić information content (AvgIpc) is 2.18. The van der Waals surface area contributed by atoms with Crippen LogP contribution >= 0.6 is 0 Å². The van der Waals surface area contributed by atoms with E-state index >= 15 is 0 Å². The maximum Gasteiger partial charge on any atom is 0.387 e. The van der Waals surface area contributed by atoms with Gasteiger partial charge in [0, 0.05) is 5.92 Å². The van der Waals surface area contributed by atoms with Crippen molar-refractivity contribution in [1.29, 1.82) is 5.39 Å². The van der Waals surface area contributed by atoms with Gasteiger partial charge in [-0.15, -0.1) is 0 Å². The van der Waals surface area contributed by atoms with Crippen LogP contribution in [0.15, 0.2) is 36.2 Å². The Hall–Kier alpha value is -1.82. The average molecular weight is 189 g/mol. The molecule has 0 saturated carbocycles. The van der Waals surface area contributed by atoms with E-state index in [1.165, 1.54) is 5.56 Å². The van der Waals surface area contributed by atoms with Crippen LogP contribution in [-0.2, 0) is 0 Å². The summed E-state index contributed by atoms with van der Waals surface area (Å²) in [4.78, 5) is 2.79. The Balaban J connectivity index is 2.91. The van der Waals surface area contributed by atoms with Gasteiger partial charge in [0.15, 0.2) is 10.7 Å². The summed E-state index contributed by atoms with van der Waals surface area (Å²) in [5, 5.41) is 17.7. The Bertz CT molecular complexity index is 373. The quantitative estimate of drug-likeness (QED) is 0.572. The molecule has 14 heavy (non-hydrogen) atoms. The molecule has 3 heteroatoms. The lowest BCUT2D eigenvalue weighted by Gasteiger charge is -2.07. The van der Waals surface area contributed by atoms with Crippen molar-refractivity contribution in [3.05, 3.63) is 52.3 Å². The zero-order valence-corrected chi connectivity index (χ0v) is 8.31. The first-order chi connectivity index (χ1) is 6.65. The summed E-state index contributed by atoms with van der Waals surface area (Å²) in [6.45, 7) is 3.86. The zero-order valence-electron chi connectivity index (χ0n) is 8.31. The molecular formula is C11H13N2O+. The van der Waals surface area contributed by atoms with Gasteiger partial charge in [-0.25, -0.2) is 0 Å². The number of allylic oxidation sites excluding steroid dienone is 1. The van der Waals surface area contributed by atoms with Crippen LogP contribution in [0.1, 0.15) is 24.0 Å². The number of rotatable bonds is 2. The van der Waals surface area contributed by atoms with Gasteiger partial charge in [0.05, 0.1) is 0 Å². The Morgan fingerprint density at radius 2 is 2.00 bits per heavy atom. The van der Waals surface area contributed by atoms with Crippen molar-refractivity contribution < 1.29 is 5.11 Å². The molecule has 72 valence electrons. The Labute approximate surface area is 83.3 Å². The van der Waals surface area contributed by atoms with Crippen LogP contribution < -0.4 is 0 Å². The molecule has 1 atom stereocenters. The minimum absolute atomic E-state index is 0.0522. The fourth-order valence-corrected chi connectivity index (χ4v) is 1.20. The highest BCUT2D eigenvalue weighted by Crippen LogP contribution is 2.21. The van der Waals surface area contributed by atoms with Crippen molar-refractivity contribution >= 4 is 0 Å². The predicted octanol–water partition coefficient (Wildman–Crippen LogP) is 3.35. The number of aliphatic hydroxyl groups excluding tert-OH is 1. The van der Waals surface area contributed by atoms with Gasteiger partial charge < -0.3 is 5.11 Å². The van der Waals surface area contributed by atoms with Crippen molar-refractivity contribution in [2.75, 3.05) is 0 Å². The summed E-state index contributed by atoms with van der Waals surface area (Å²) >= 11 is 0. The first-order valence-electron chi connectivity index (χ1n) is 4.45. The van der Waals surface area contributed by atoms with E-state index in [1.807, 2.05) is 38.1 Å². The third-order valence-electron chi connectivity index (χ3n) is 2.21. The number of benzene rings is 1. The zero-order chi connectivity index (χ0) is 10.6. The molecule has 3 nitrogen and oxygen atoms in total. The summed E-state index contributed by atoms with van der Waals surface area (Å²) in [5.41, 5.74) is 2.17. The van der Waals surface area contributed by atoms with E-state index in [9.17, 15) is 5.11 Å². The highest BCUT2D eigenvalue weighted by atomic mass is 16.3. The van der Waals surface area contributed by atoms with Gasteiger partial charge in [0.2, 0.25) is 5.39 Å². The first kappa shape index (κ1) is 10.3. The van der Waals surface area contributed by atoms with E-state index in [1.54, 1.807) is 0 Å². The van der Waals surface area contributed by atoms with E-state index in [2.05, 4.69) is 4.98 Å². The molecule has 0 heterocycles. The summed E-state index contributed by atoms with van der Waals surface area (Å²) in [7, 11) is 0. The standard InChI is InChI=1S/C11H12N2O/c1-8-3-5-10(6-4-8)9(2)11(14)7-13-12/h3-7,9H,1-2H3/p+1/b11-7-. The molecule has 1 aromatic carbocycles. The molecule has 0 aliphatic carbocycles. The lowest BCUT2D eigenvalue weighted by molar-refractivity contribution is 0.375. The Kier molecular flexibility index (Phi) is 3.24. The summed E-state index contributed by atoms with van der Waals surface area (Å²) in [6.07, 6.45) is 1.05. The number of hydrogen-bond donors (Lipinski definition) is 1. The molecule has 0 radical (unpaired) electrons. The van der Waals surface area contributed by atoms with Crippen molar-refractivity contribution in [2.45, 2.75) is 19.8 Å². The van der Waals surface area contributed by atoms with Gasteiger partial charge in [0.1, 0.15) is 0 Å². The van der Waals surface area contributed by atoms with Crippen LogP contribution in [0.2, 0.25) is 0 Å². The number of nitrogens with zero attached hydrogens (tertiary/aromatic N) is 2. The highest BCUT2D eigenvalue weighted by Gasteiger charge is 2.13. The van der Waals surface area contributed by atoms with Crippen LogP contribution in [0.25, 0.3) is 4.98 Å². The fourth-order valence-electron chi connectivity index (χ4n) is 1.20. The van der Waals surface area contributed by atoms with Crippen LogP contribution in [-0.4, -0.2) is 5.11 Å². The van der Waals surface area contributed by atoms with Crippen molar-refractivity contribution in [3.8, 4) is 0 Å². The number of hydrogen-bond acceptors (Lipinski definition) is 2. The molecule has 1 N–H and O–H groups in total. The first-order valence-corrected chi connectivity index (χ1v) is 4.45. The molecule has 0 bridgehead atoms. The summed E-state index contributed by atoms with van der Waals surface area (Å²) < 4.78 is 0. The molecule has 1 rings (SSSR count). The van der Waals surface area contributed by atoms with Crippen LogP contribution in [0.5, 0.6) is 0 Å². The second-order valence-electron chi connectivity index (χ2n) is 3.30. The minimum Gasteiger partial charge on any atom is -0.505 e. The van der Waals surface area contributed by atoms with E-state index < -0.39 is 0 Å². The SMILES string of the molecule is Cc1ccc(C(C)/C(O)=C/[N+]#N)cc1. The van der Waals surface area contributed by atoms with Crippen LogP contribution in [0.4, 0.5) is 0 Å². The lowest BCUT2D eigenvalue weighted by Crippen LogP contribution is -1.96. The normalized spacial score (nSPS) is 13.4. The lowest BCUT2D eigenvalue weighted by atomic mass is 9.98. The smallest absolute Gasteiger partial charge is 0.387 e. The second kappa shape index (κ2) is 4.43. The van der Waals surface area contributed by atoms with Gasteiger partial charge in [-0.1, -0.05) is 36.8 Å². The molecule has 1 unspecified atom stereocenters. The molecule has 1 aromatic rings. The molecule has 0 aliphatic rings. The maximum absolute atomic E-state index is 9.45. The Morgan fingerprint density at radius 3 is 2.50 bits per heavy atom. The van der Waals surface area contributed by atoms with Gasteiger partial charge in [-0.3, -0.25) is 0 Å². The predicted molar refractivity (Wildman–Crippen MR) is 55.4 cm³/mol. The molecular weight excluding hydrogens is 176 g/mol. The van der Waals surface area contributed by atoms with Gasteiger partial charge >= 0.3 is 6.20 Å². The van der Waals surface area contributed by atoms with Crippen LogP contribution in [0.3, 0.4) is 0 Å². The third-order valence-corrected chi connectivity index (χ3v) is 2.21. The van der Waals surface area contributed by atoms with Crippen molar-refractivity contribution in [1.82, 2.24) is 0 Å². The van der Waals surface area contributed by atoms with Crippen molar-refractivity contribution in [2.24, 2.45) is 0 Å². The number of diazo groups is 1. The van der Waals surface area contributed by atoms with E-state index in [4.69, 9.17) is 5.39 Å². The largest absolute Gasteiger partial charge is 0.505 e. The topological polar surface area (TPSA) is 48.4 Å². The molecule has 0 amide bonds. The molecule has 0 spiro atoms. The van der Waals surface area contributed by atoms with Gasteiger partial charge in [-0.2, -0.15) is 0 Å². The fraction of sp³-hybridized carbons (Fsp3) is 0.273. The summed E-state index contributed by atoms with van der Waals surface area (Å²) in [6, 6.07) is 7.85. The second-order valence-corrected chi connectivity index (χ2v) is 3.30. The van der Waals surface area contributed by atoms with E-state index in [0.29, 0.717) is 0 Å². The molecule has 0 aliphatic heterocycles. The van der Waals surface area contributed by atoms with Gasteiger partial charge in [0.25, 0.3) is 0 Å². The van der Waals surface area contributed by atoms with E-state index in [0.717, 1.165) is 11.8 Å². The van der Waals surface area contributed by atoms with Crippen LogP contribution in [0, 0.1) is 12.3 Å². The van der Waals surface area contributed by atoms with Gasteiger partial charge in [-0.05, 0) is 12.5 Å². The van der Waals surface area contributed by atoms with E-state index in [-0.39, 0.29) is 11.7 Å². The molecule has 0 aromatic heterocycles. The molecule has 0 fully saturated rings. The monoisotopic (exact) mass is 189 g/mol. The molecule has 0 saturated heterocycles. The number of aryl methyl sites for hydroxylation is 1. The summed E-state index contributed by atoms with van der Waals surface area (Å²) in [5.74, 6) is -0.0946. The highest BCUT2D eigenvalue weighted by molar-refractivity contribution is 5.28. The van der Waals surface area contributed by atoms with Crippen molar-refractivity contribution in [3.63, 3.8) is 0 Å². The Morgan fingerprint density at radius 1 is 1.43 bits per heavy atom. The number of aliphatic hydroxyl groups is 1. The maximum atomic E-state index is 9.45.